The van der Waals surface area contributed by atoms with Crippen molar-refractivity contribution in [3.63, 3.8) is 0 Å². The van der Waals surface area contributed by atoms with Gasteiger partial charge in [-0.1, -0.05) is 18.2 Å². The Labute approximate surface area is 189 Å². The zero-order valence-corrected chi connectivity index (χ0v) is 18.3. The molecule has 8 heteroatoms. The number of benzene rings is 2. The molecular formula is C24H22N4O3S. The molecular weight excluding hydrogens is 424 g/mol. The topological polar surface area (TPSA) is 91.4 Å². The molecule has 0 bridgehead atoms. The van der Waals surface area contributed by atoms with Crippen LogP contribution in [0.25, 0.3) is 6.08 Å². The summed E-state index contributed by atoms with van der Waals surface area (Å²) in [5.41, 5.74) is 2.65. The number of para-hydroxylation sites is 1. The third kappa shape index (κ3) is 5.47. The van der Waals surface area contributed by atoms with Gasteiger partial charge in [-0.05, 0) is 55.3 Å². The van der Waals surface area contributed by atoms with Crippen LogP contribution in [0, 0.1) is 5.92 Å². The Hall–Kier alpha value is -3.78. The Balaban J connectivity index is 1.36. The van der Waals surface area contributed by atoms with Gasteiger partial charge in [0, 0.05) is 35.7 Å². The molecule has 0 saturated heterocycles. The first-order chi connectivity index (χ1) is 15.5. The Morgan fingerprint density at radius 2 is 1.66 bits per heavy atom. The Morgan fingerprint density at radius 3 is 2.28 bits per heavy atom. The van der Waals surface area contributed by atoms with Crippen LogP contribution in [-0.2, 0) is 14.4 Å². The van der Waals surface area contributed by atoms with Gasteiger partial charge in [-0.2, -0.15) is 0 Å². The first kappa shape index (κ1) is 21.5. The van der Waals surface area contributed by atoms with E-state index < -0.39 is 0 Å². The highest BCUT2D eigenvalue weighted by atomic mass is 32.1. The highest BCUT2D eigenvalue weighted by Gasteiger charge is 2.29. The monoisotopic (exact) mass is 446 g/mol. The number of rotatable bonds is 7. The third-order valence-electron chi connectivity index (χ3n) is 4.80. The largest absolute Gasteiger partial charge is 0.326 e. The van der Waals surface area contributed by atoms with E-state index in [1.54, 1.807) is 35.7 Å². The zero-order chi connectivity index (χ0) is 22.5. The molecule has 32 heavy (non-hydrogen) atoms. The lowest BCUT2D eigenvalue weighted by Gasteiger charge is -2.17. The van der Waals surface area contributed by atoms with E-state index in [0.29, 0.717) is 22.2 Å². The lowest BCUT2D eigenvalue weighted by molar-refractivity contribution is -0.117. The molecule has 0 unspecified atom stereocenters. The summed E-state index contributed by atoms with van der Waals surface area (Å²) in [6, 6.07) is 16.3. The minimum absolute atomic E-state index is 0.0444. The first-order valence-corrected chi connectivity index (χ1v) is 11.1. The van der Waals surface area contributed by atoms with E-state index >= 15 is 0 Å². The fourth-order valence-electron chi connectivity index (χ4n) is 3.03. The molecule has 1 saturated carbocycles. The number of carbonyl (C=O) groups is 3. The van der Waals surface area contributed by atoms with Crippen LogP contribution in [0.5, 0.6) is 0 Å². The second kappa shape index (κ2) is 9.57. The number of hydrogen-bond donors (Lipinski definition) is 2. The SMILES string of the molecule is CC(=O)N(c1ccccc1)c1nc(/C=C/C(=O)Nc2ccc(NC(=O)C3CC3)cc2)cs1. The van der Waals surface area contributed by atoms with Crippen LogP contribution in [0.15, 0.2) is 66.1 Å². The van der Waals surface area contributed by atoms with Crippen molar-refractivity contribution in [2.24, 2.45) is 5.92 Å². The minimum atomic E-state index is -0.305. The quantitative estimate of drug-likeness (QED) is 0.509. The van der Waals surface area contributed by atoms with Crippen molar-refractivity contribution in [3.8, 4) is 0 Å². The Morgan fingerprint density at radius 1 is 1.00 bits per heavy atom. The van der Waals surface area contributed by atoms with Gasteiger partial charge in [-0.15, -0.1) is 11.3 Å². The number of anilines is 4. The van der Waals surface area contributed by atoms with Crippen molar-refractivity contribution in [3.05, 3.63) is 71.7 Å². The molecule has 162 valence electrons. The highest BCUT2D eigenvalue weighted by molar-refractivity contribution is 7.14. The zero-order valence-electron chi connectivity index (χ0n) is 17.4. The lowest BCUT2D eigenvalue weighted by atomic mass is 10.2. The highest BCUT2D eigenvalue weighted by Crippen LogP contribution is 2.30. The maximum atomic E-state index is 12.3. The summed E-state index contributed by atoms with van der Waals surface area (Å²) in [4.78, 5) is 42.2. The number of amides is 3. The Bertz CT molecular complexity index is 1150. The molecule has 3 aromatic rings. The van der Waals surface area contributed by atoms with Crippen LogP contribution in [0.2, 0.25) is 0 Å². The number of aromatic nitrogens is 1. The molecule has 1 fully saturated rings. The Kier molecular flexibility index (Phi) is 6.42. The fraction of sp³-hybridized carbons (Fsp3) is 0.167. The average molecular weight is 447 g/mol. The van der Waals surface area contributed by atoms with Gasteiger partial charge >= 0.3 is 0 Å². The van der Waals surface area contributed by atoms with E-state index in [-0.39, 0.29) is 23.6 Å². The van der Waals surface area contributed by atoms with Crippen molar-refractivity contribution in [2.45, 2.75) is 19.8 Å². The van der Waals surface area contributed by atoms with Crippen molar-refractivity contribution in [1.29, 1.82) is 0 Å². The lowest BCUT2D eigenvalue weighted by Crippen LogP contribution is -2.22. The summed E-state index contributed by atoms with van der Waals surface area (Å²) in [7, 11) is 0. The number of thiazole rings is 1. The van der Waals surface area contributed by atoms with Gasteiger partial charge in [-0.25, -0.2) is 4.98 Å². The summed E-state index contributed by atoms with van der Waals surface area (Å²) in [6.07, 6.45) is 4.89. The molecule has 0 radical (unpaired) electrons. The van der Waals surface area contributed by atoms with Gasteiger partial charge < -0.3 is 10.6 Å². The second-order valence-electron chi connectivity index (χ2n) is 7.41. The molecule has 4 rings (SSSR count). The molecule has 0 spiro atoms. The van der Waals surface area contributed by atoms with Crippen LogP contribution >= 0.6 is 11.3 Å². The van der Waals surface area contributed by atoms with Crippen molar-refractivity contribution in [1.82, 2.24) is 4.98 Å². The van der Waals surface area contributed by atoms with Gasteiger partial charge in [0.05, 0.1) is 11.4 Å². The van der Waals surface area contributed by atoms with Crippen LogP contribution in [0.4, 0.5) is 22.2 Å². The number of hydrogen-bond acceptors (Lipinski definition) is 5. The van der Waals surface area contributed by atoms with Gasteiger partial charge in [0.1, 0.15) is 0 Å². The summed E-state index contributed by atoms with van der Waals surface area (Å²) < 4.78 is 0. The number of carbonyl (C=O) groups excluding carboxylic acids is 3. The van der Waals surface area contributed by atoms with Crippen LogP contribution < -0.4 is 15.5 Å². The molecule has 1 aliphatic rings. The van der Waals surface area contributed by atoms with Crippen LogP contribution in [0.1, 0.15) is 25.5 Å². The summed E-state index contributed by atoms with van der Waals surface area (Å²) >= 11 is 1.33. The smallest absolute Gasteiger partial charge is 0.248 e. The second-order valence-corrected chi connectivity index (χ2v) is 8.24. The van der Waals surface area contributed by atoms with Gasteiger partial charge in [0.15, 0.2) is 5.13 Å². The molecule has 2 N–H and O–H groups in total. The molecule has 0 atom stereocenters. The van der Waals surface area contributed by atoms with Gasteiger partial charge in [0.2, 0.25) is 17.7 Å². The maximum absolute atomic E-state index is 12.3. The van der Waals surface area contributed by atoms with Gasteiger partial charge in [-0.3, -0.25) is 19.3 Å². The fourth-order valence-corrected chi connectivity index (χ4v) is 3.89. The predicted octanol–water partition coefficient (Wildman–Crippen LogP) is 4.83. The normalized spacial score (nSPS) is 13.0. The van der Waals surface area contributed by atoms with Crippen molar-refractivity contribution in [2.75, 3.05) is 15.5 Å². The van der Waals surface area contributed by atoms with E-state index in [1.807, 2.05) is 30.3 Å². The summed E-state index contributed by atoms with van der Waals surface area (Å²) in [5.74, 6) is -0.264. The molecule has 0 aliphatic heterocycles. The van der Waals surface area contributed by atoms with Crippen molar-refractivity contribution >= 4 is 57.3 Å². The van der Waals surface area contributed by atoms with E-state index in [2.05, 4.69) is 15.6 Å². The van der Waals surface area contributed by atoms with Crippen LogP contribution in [0.3, 0.4) is 0 Å². The van der Waals surface area contributed by atoms with Crippen molar-refractivity contribution < 1.29 is 14.4 Å². The molecule has 1 aromatic heterocycles. The van der Waals surface area contributed by atoms with E-state index in [1.165, 1.54) is 29.2 Å². The standard InChI is InChI=1S/C24H22N4O3S/c1-16(29)28(21-5-3-2-4-6-21)24-27-20(15-32-24)13-14-22(30)25-18-9-11-19(12-10-18)26-23(31)17-7-8-17/h2-6,9-15,17H,7-8H2,1H3,(H,25,30)(H,26,31)/b14-13+. The molecule has 3 amide bonds. The van der Waals surface area contributed by atoms with Gasteiger partial charge in [0.25, 0.3) is 0 Å². The average Bonchev–Trinajstić information content (AvgIpc) is 3.54. The molecule has 1 aliphatic carbocycles. The molecule has 7 nitrogen and oxygen atoms in total. The summed E-state index contributed by atoms with van der Waals surface area (Å²) in [5, 5.41) is 7.96. The number of nitrogens with one attached hydrogen (secondary N) is 2. The van der Waals surface area contributed by atoms with E-state index in [4.69, 9.17) is 0 Å². The maximum Gasteiger partial charge on any atom is 0.248 e. The van der Waals surface area contributed by atoms with E-state index in [9.17, 15) is 14.4 Å². The third-order valence-corrected chi connectivity index (χ3v) is 5.65. The number of nitrogens with zero attached hydrogens (tertiary/aromatic N) is 2. The van der Waals surface area contributed by atoms with Crippen LogP contribution in [-0.4, -0.2) is 22.7 Å². The predicted molar refractivity (Wildman–Crippen MR) is 127 cm³/mol. The molecule has 2 aromatic carbocycles. The summed E-state index contributed by atoms with van der Waals surface area (Å²) in [6.45, 7) is 1.49. The minimum Gasteiger partial charge on any atom is -0.326 e. The molecule has 1 heterocycles. The first-order valence-electron chi connectivity index (χ1n) is 10.2. The van der Waals surface area contributed by atoms with E-state index in [0.717, 1.165) is 18.5 Å².